The number of halogens is 3. The number of rotatable bonds is 5. The maximum Gasteiger partial charge on any atom is 0.416 e. The summed E-state index contributed by atoms with van der Waals surface area (Å²) >= 11 is 0. The van der Waals surface area contributed by atoms with E-state index in [1.54, 1.807) is 0 Å². The van der Waals surface area contributed by atoms with E-state index in [1.165, 1.54) is 12.1 Å². The van der Waals surface area contributed by atoms with Gasteiger partial charge in [-0.2, -0.15) is 13.2 Å². The minimum Gasteiger partial charge on any atom is -0.493 e. The van der Waals surface area contributed by atoms with Crippen LogP contribution >= 0.6 is 0 Å². The van der Waals surface area contributed by atoms with Crippen molar-refractivity contribution >= 4 is 11.8 Å². The molecule has 4 nitrogen and oxygen atoms in total. The maximum atomic E-state index is 12.7. The molecule has 0 spiro atoms. The second-order valence-electron chi connectivity index (χ2n) is 7.63. The van der Waals surface area contributed by atoms with Gasteiger partial charge >= 0.3 is 12.1 Å². The smallest absolute Gasteiger partial charge is 0.416 e. The summed E-state index contributed by atoms with van der Waals surface area (Å²) in [5.41, 5.74) is 2.77. The van der Waals surface area contributed by atoms with Gasteiger partial charge in [0.05, 0.1) is 12.2 Å². The molecule has 2 aromatic carbocycles. The van der Waals surface area contributed by atoms with E-state index in [9.17, 15) is 22.8 Å². The number of aryl methyl sites for hydroxylation is 3. The van der Waals surface area contributed by atoms with Crippen molar-refractivity contribution in [3.63, 3.8) is 0 Å². The summed E-state index contributed by atoms with van der Waals surface area (Å²) in [4.78, 5) is 25.3. The van der Waals surface area contributed by atoms with Crippen LogP contribution < -0.4 is 4.74 Å². The Bertz CT molecular complexity index is 907. The van der Waals surface area contributed by atoms with Crippen LogP contribution in [0.3, 0.4) is 0 Å². The van der Waals surface area contributed by atoms with E-state index in [4.69, 9.17) is 9.47 Å². The lowest BCUT2D eigenvalue weighted by Gasteiger charge is -2.29. The zero-order valence-corrected chi connectivity index (χ0v) is 17.0. The van der Waals surface area contributed by atoms with Crippen molar-refractivity contribution in [2.75, 3.05) is 6.61 Å². The number of hydrogen-bond acceptors (Lipinski definition) is 4. The van der Waals surface area contributed by atoms with Gasteiger partial charge in [0.2, 0.25) is 0 Å². The molecule has 2 aromatic rings. The lowest BCUT2D eigenvalue weighted by atomic mass is 9.83. The average molecular weight is 420 g/mol. The summed E-state index contributed by atoms with van der Waals surface area (Å²) in [7, 11) is 0. The van der Waals surface area contributed by atoms with Crippen molar-refractivity contribution in [2.24, 2.45) is 0 Å². The predicted molar refractivity (Wildman–Crippen MR) is 104 cm³/mol. The molecule has 1 heterocycles. The van der Waals surface area contributed by atoms with Crippen LogP contribution in [0.15, 0.2) is 36.4 Å². The Kier molecular flexibility index (Phi) is 6.19. The second-order valence-corrected chi connectivity index (χ2v) is 7.63. The van der Waals surface area contributed by atoms with E-state index in [0.717, 1.165) is 28.8 Å². The maximum absolute atomic E-state index is 12.7. The summed E-state index contributed by atoms with van der Waals surface area (Å²) in [6, 6.07) is 8.23. The number of esters is 1. The third kappa shape index (κ3) is 4.83. The quantitative estimate of drug-likeness (QED) is 0.501. The Morgan fingerprint density at radius 2 is 1.63 bits per heavy atom. The molecule has 0 N–H and O–H groups in total. The Morgan fingerprint density at radius 1 is 1.03 bits per heavy atom. The minimum atomic E-state index is -4.40. The van der Waals surface area contributed by atoms with Crippen molar-refractivity contribution < 1.29 is 32.2 Å². The number of carbonyl (C=O) groups is 2. The molecule has 0 radical (unpaired) electrons. The molecule has 1 aliphatic heterocycles. The van der Waals surface area contributed by atoms with Crippen LogP contribution in [-0.4, -0.2) is 24.5 Å². The molecule has 3 rings (SSSR count). The van der Waals surface area contributed by atoms with Crippen LogP contribution in [0, 0.1) is 20.8 Å². The minimum absolute atomic E-state index is 0.0829. The molecule has 2 atom stereocenters. The van der Waals surface area contributed by atoms with Gasteiger partial charge in [0.15, 0.2) is 5.78 Å². The van der Waals surface area contributed by atoms with Crippen molar-refractivity contribution in [1.29, 1.82) is 0 Å². The van der Waals surface area contributed by atoms with Gasteiger partial charge in [0, 0.05) is 12.8 Å². The Morgan fingerprint density at radius 3 is 2.17 bits per heavy atom. The first-order valence-corrected chi connectivity index (χ1v) is 9.67. The zero-order valence-electron chi connectivity index (χ0n) is 17.0. The van der Waals surface area contributed by atoms with E-state index in [0.29, 0.717) is 5.56 Å². The van der Waals surface area contributed by atoms with Crippen molar-refractivity contribution in [3.8, 4) is 5.75 Å². The highest BCUT2D eigenvalue weighted by molar-refractivity contribution is 6.06. The van der Waals surface area contributed by atoms with Gasteiger partial charge in [-0.05, 0) is 61.7 Å². The first-order chi connectivity index (χ1) is 14.1. The van der Waals surface area contributed by atoms with Gasteiger partial charge in [0.25, 0.3) is 0 Å². The summed E-state index contributed by atoms with van der Waals surface area (Å²) in [5, 5.41) is 0. The molecule has 1 saturated heterocycles. The SMILES string of the molecule is Cc1cc(C)c(C2C(=O)CC(CCOc3ccc(C(F)(F)F)cc3)OC2=O)c(C)c1. The summed E-state index contributed by atoms with van der Waals surface area (Å²) < 4.78 is 48.7. The third-order valence-electron chi connectivity index (χ3n) is 5.19. The number of benzene rings is 2. The molecule has 7 heteroatoms. The Balaban J connectivity index is 1.59. The molecule has 2 unspecified atom stereocenters. The van der Waals surface area contributed by atoms with Gasteiger partial charge in [-0.1, -0.05) is 17.7 Å². The average Bonchev–Trinajstić information content (AvgIpc) is 2.63. The van der Waals surface area contributed by atoms with E-state index in [1.807, 2.05) is 32.9 Å². The van der Waals surface area contributed by atoms with Gasteiger partial charge < -0.3 is 9.47 Å². The van der Waals surface area contributed by atoms with Crippen LogP contribution in [-0.2, 0) is 20.5 Å². The van der Waals surface area contributed by atoms with E-state index in [-0.39, 0.29) is 31.0 Å². The molecule has 0 aliphatic carbocycles. The highest BCUT2D eigenvalue weighted by Crippen LogP contribution is 2.33. The lowest BCUT2D eigenvalue weighted by molar-refractivity contribution is -0.161. The Labute approximate surface area is 173 Å². The molecular weight excluding hydrogens is 397 g/mol. The largest absolute Gasteiger partial charge is 0.493 e. The molecule has 1 aliphatic rings. The summed E-state index contributed by atoms with van der Waals surface area (Å²) in [6.07, 6.45) is -4.65. The highest BCUT2D eigenvalue weighted by atomic mass is 19.4. The number of ether oxygens (including phenoxy) is 2. The van der Waals surface area contributed by atoms with Gasteiger partial charge in [0.1, 0.15) is 17.8 Å². The number of cyclic esters (lactones) is 1. The summed E-state index contributed by atoms with van der Waals surface area (Å²) in [6.45, 7) is 5.82. The van der Waals surface area contributed by atoms with Crippen LogP contribution in [0.2, 0.25) is 0 Å². The lowest BCUT2D eigenvalue weighted by Crippen LogP contribution is -2.38. The number of hydrogen-bond donors (Lipinski definition) is 0. The fourth-order valence-corrected chi connectivity index (χ4v) is 3.88. The van der Waals surface area contributed by atoms with Gasteiger partial charge in [-0.25, -0.2) is 0 Å². The topological polar surface area (TPSA) is 52.6 Å². The molecule has 0 saturated carbocycles. The molecule has 1 fully saturated rings. The normalized spacial score (nSPS) is 19.5. The molecule has 0 amide bonds. The van der Waals surface area contributed by atoms with E-state index in [2.05, 4.69) is 0 Å². The van der Waals surface area contributed by atoms with Crippen molar-refractivity contribution in [2.45, 2.75) is 51.8 Å². The van der Waals surface area contributed by atoms with Crippen LogP contribution in [0.5, 0.6) is 5.75 Å². The Hall–Kier alpha value is -2.83. The van der Waals surface area contributed by atoms with Crippen LogP contribution in [0.4, 0.5) is 13.2 Å². The second kappa shape index (κ2) is 8.50. The van der Waals surface area contributed by atoms with Crippen molar-refractivity contribution in [1.82, 2.24) is 0 Å². The molecule has 30 heavy (non-hydrogen) atoms. The number of alkyl halides is 3. The first kappa shape index (κ1) is 21.9. The number of carbonyl (C=O) groups excluding carboxylic acids is 2. The molecular formula is C23H23F3O4. The zero-order chi connectivity index (χ0) is 22.1. The number of Topliss-reactive ketones (excluding diaryl/α,β-unsaturated/α-hetero) is 1. The van der Waals surface area contributed by atoms with Gasteiger partial charge in [-0.15, -0.1) is 0 Å². The molecule has 0 aromatic heterocycles. The highest BCUT2D eigenvalue weighted by Gasteiger charge is 2.39. The fourth-order valence-electron chi connectivity index (χ4n) is 3.88. The monoisotopic (exact) mass is 420 g/mol. The fraction of sp³-hybridized carbons (Fsp3) is 0.391. The predicted octanol–water partition coefficient (Wildman–Crippen LogP) is 5.07. The summed E-state index contributed by atoms with van der Waals surface area (Å²) in [5.74, 6) is -1.40. The first-order valence-electron chi connectivity index (χ1n) is 9.67. The standard InChI is InChI=1S/C23H23F3O4/c1-13-10-14(2)20(15(3)11-13)21-19(27)12-18(30-22(21)28)8-9-29-17-6-4-16(5-7-17)23(24,25)26/h4-7,10-11,18,21H,8-9,12H2,1-3H3. The third-order valence-corrected chi connectivity index (χ3v) is 5.19. The van der Waals surface area contributed by atoms with E-state index < -0.39 is 29.7 Å². The molecule has 0 bridgehead atoms. The van der Waals surface area contributed by atoms with Crippen LogP contribution in [0.1, 0.15) is 46.6 Å². The van der Waals surface area contributed by atoms with Gasteiger partial charge in [-0.3, -0.25) is 9.59 Å². The van der Waals surface area contributed by atoms with E-state index >= 15 is 0 Å². The molecule has 160 valence electrons. The number of ketones is 1. The van der Waals surface area contributed by atoms with Crippen molar-refractivity contribution in [3.05, 3.63) is 64.2 Å². The van der Waals surface area contributed by atoms with Crippen LogP contribution in [0.25, 0.3) is 0 Å².